The van der Waals surface area contributed by atoms with Gasteiger partial charge in [0.2, 0.25) is 5.78 Å². The fourth-order valence-corrected chi connectivity index (χ4v) is 8.92. The van der Waals surface area contributed by atoms with Crippen molar-refractivity contribution in [3.8, 4) is 17.2 Å². The number of carbonyl (C=O) groups is 3. The molecule has 6 aliphatic rings. The van der Waals surface area contributed by atoms with Crippen LogP contribution >= 0.6 is 0 Å². The molecule has 3 aliphatic heterocycles. The van der Waals surface area contributed by atoms with E-state index in [-0.39, 0.29) is 47.6 Å². The van der Waals surface area contributed by atoms with Crippen LogP contribution < -0.4 is 9.47 Å². The van der Waals surface area contributed by atoms with Gasteiger partial charge in [-0.2, -0.15) is 0 Å². The summed E-state index contributed by atoms with van der Waals surface area (Å²) in [6, 6.07) is 0. The third-order valence-corrected chi connectivity index (χ3v) is 11.4. The van der Waals surface area contributed by atoms with Crippen LogP contribution in [0.1, 0.15) is 89.7 Å². The Balaban J connectivity index is 1.72. The molecule has 1 saturated heterocycles. The summed E-state index contributed by atoms with van der Waals surface area (Å²) in [6.45, 7) is 15.4. The molecule has 3 heterocycles. The Morgan fingerprint density at radius 2 is 1.75 bits per heavy atom. The maximum Gasteiger partial charge on any atom is 0.203 e. The van der Waals surface area contributed by atoms with Gasteiger partial charge in [0.1, 0.15) is 41.3 Å². The second-order valence-corrected chi connectivity index (χ2v) is 14.6. The Morgan fingerprint density at radius 3 is 2.34 bits per heavy atom. The van der Waals surface area contributed by atoms with E-state index in [1.807, 2.05) is 54.5 Å². The minimum Gasteiger partial charge on any atom is -0.507 e. The van der Waals surface area contributed by atoms with Gasteiger partial charge in [0.25, 0.3) is 0 Å². The number of phenols is 1. The first kappa shape index (κ1) is 31.0. The quantitative estimate of drug-likeness (QED) is 0.260. The zero-order chi connectivity index (χ0) is 32.4. The molecule has 7 atom stereocenters. The number of hydrogen-bond acceptors (Lipinski definition) is 9. The first-order valence-corrected chi connectivity index (χ1v) is 15.4. The lowest BCUT2D eigenvalue weighted by Gasteiger charge is -2.65. The van der Waals surface area contributed by atoms with Crippen molar-refractivity contribution >= 4 is 17.9 Å². The molecule has 9 nitrogen and oxygen atoms in total. The lowest BCUT2D eigenvalue weighted by atomic mass is 9.44. The van der Waals surface area contributed by atoms with E-state index < -0.39 is 45.8 Å². The molecule has 4 fully saturated rings. The molecule has 1 spiro atoms. The van der Waals surface area contributed by atoms with Gasteiger partial charge in [-0.05, 0) is 60.0 Å². The van der Waals surface area contributed by atoms with E-state index in [2.05, 4.69) is 0 Å². The van der Waals surface area contributed by atoms with Crippen molar-refractivity contribution in [1.29, 1.82) is 0 Å². The average molecular weight is 609 g/mol. The van der Waals surface area contributed by atoms with Gasteiger partial charge in [-0.15, -0.1) is 0 Å². The van der Waals surface area contributed by atoms with E-state index in [4.69, 9.17) is 23.7 Å². The van der Waals surface area contributed by atoms with Crippen molar-refractivity contribution in [3.63, 3.8) is 0 Å². The summed E-state index contributed by atoms with van der Waals surface area (Å²) in [7, 11) is 2.93. The van der Waals surface area contributed by atoms with Crippen LogP contribution in [0.5, 0.6) is 17.2 Å². The summed E-state index contributed by atoms with van der Waals surface area (Å²) in [6.07, 6.45) is 3.67. The molecule has 0 amide bonds. The number of aromatic hydroxyl groups is 1. The summed E-state index contributed by atoms with van der Waals surface area (Å²) < 4.78 is 32.7. The standard InChI is InChI=1S/C35H44O9/c1-17(2)11-12-20-25(37)22-26(38)23-29(40-9)33(41-10)15-21-32(7,8)44-34(30(33)39,14-13-18(3)16-36)35(21,23)43-28(22)24-27(20)42-19(4)31(24,5)6/h11,13,16,19,21,23,29,37H,12,14-15H2,1-10H3/t19-,21+,23-,29-,33-,34+,35+/m0/s1. The maximum atomic E-state index is 15.2. The highest BCUT2D eigenvalue weighted by atomic mass is 16.6. The van der Waals surface area contributed by atoms with Crippen molar-refractivity contribution in [2.45, 2.75) is 115 Å². The smallest absolute Gasteiger partial charge is 0.203 e. The van der Waals surface area contributed by atoms with Crippen LogP contribution in [0.4, 0.5) is 0 Å². The first-order chi connectivity index (χ1) is 20.5. The number of hydrogen-bond donors (Lipinski definition) is 1. The number of aldehydes is 1. The minimum atomic E-state index is -1.68. The van der Waals surface area contributed by atoms with Gasteiger partial charge < -0.3 is 28.8 Å². The highest BCUT2D eigenvalue weighted by molar-refractivity contribution is 6.11. The number of benzene rings is 1. The van der Waals surface area contributed by atoms with Crippen LogP contribution in [0.15, 0.2) is 23.3 Å². The molecular weight excluding hydrogens is 564 g/mol. The molecule has 3 saturated carbocycles. The monoisotopic (exact) mass is 608 g/mol. The van der Waals surface area contributed by atoms with Crippen molar-refractivity contribution in [2.75, 3.05) is 14.2 Å². The largest absolute Gasteiger partial charge is 0.507 e. The van der Waals surface area contributed by atoms with Crippen LogP contribution in [0.2, 0.25) is 0 Å². The van der Waals surface area contributed by atoms with Crippen molar-refractivity contribution in [3.05, 3.63) is 40.0 Å². The normalized spacial score (nSPS) is 37.1. The molecule has 0 radical (unpaired) electrons. The maximum absolute atomic E-state index is 15.2. The Kier molecular flexibility index (Phi) is 6.69. The molecule has 1 aromatic carbocycles. The number of phenolic OH excluding ortho intramolecular Hbond substituents is 1. The Labute approximate surface area is 258 Å². The molecule has 238 valence electrons. The highest BCUT2D eigenvalue weighted by Gasteiger charge is 2.89. The van der Waals surface area contributed by atoms with Gasteiger partial charge in [0.05, 0.1) is 11.5 Å². The molecule has 1 N–H and O–H groups in total. The van der Waals surface area contributed by atoms with Gasteiger partial charge in [-0.1, -0.05) is 31.6 Å². The lowest BCUT2D eigenvalue weighted by molar-refractivity contribution is -0.267. The zero-order valence-corrected chi connectivity index (χ0v) is 27.4. The van der Waals surface area contributed by atoms with E-state index in [9.17, 15) is 14.7 Å². The number of Topliss-reactive ketones (excluding diaryl/α,β-unsaturated/α-hetero) is 2. The van der Waals surface area contributed by atoms with Gasteiger partial charge >= 0.3 is 0 Å². The van der Waals surface area contributed by atoms with Gasteiger partial charge in [-0.25, -0.2) is 0 Å². The van der Waals surface area contributed by atoms with Crippen LogP contribution in [0.3, 0.4) is 0 Å². The van der Waals surface area contributed by atoms with Crippen molar-refractivity contribution in [2.24, 2.45) is 11.8 Å². The highest BCUT2D eigenvalue weighted by Crippen LogP contribution is 2.72. The minimum absolute atomic E-state index is 0.000117. The molecule has 7 rings (SSSR count). The number of rotatable bonds is 7. The molecule has 0 unspecified atom stereocenters. The van der Waals surface area contributed by atoms with Gasteiger partial charge in [0, 0.05) is 43.1 Å². The summed E-state index contributed by atoms with van der Waals surface area (Å²) in [5.74, 6) is -1.72. The van der Waals surface area contributed by atoms with Crippen LogP contribution in [-0.4, -0.2) is 71.8 Å². The summed E-state index contributed by atoms with van der Waals surface area (Å²) in [4.78, 5) is 41.8. The van der Waals surface area contributed by atoms with E-state index in [1.165, 1.54) is 14.2 Å². The summed E-state index contributed by atoms with van der Waals surface area (Å²) in [5, 5.41) is 11.9. The van der Waals surface area contributed by atoms with Gasteiger partial charge in [0.15, 0.2) is 22.6 Å². The number of carbonyl (C=O) groups excluding carboxylic acids is 3. The lowest BCUT2D eigenvalue weighted by Crippen LogP contribution is -2.86. The van der Waals surface area contributed by atoms with Crippen LogP contribution in [-0.2, 0) is 35.6 Å². The topological polar surface area (TPSA) is 118 Å². The predicted octanol–water partition coefficient (Wildman–Crippen LogP) is 4.98. The molecule has 1 aromatic rings. The molecule has 9 heteroatoms. The SMILES string of the molecule is CO[C@H]1[C@@H]2C(=O)c3c(O)c(CC=C(C)C)c4c(c3O[C@]23[C@@H]2C[C@@]1(OC)C(=O)[C@@]3(CC=C(C)C=O)OC2(C)C)C(C)(C)[C@H](C)O4. The number of fused-ring (bicyclic) bond motifs is 3. The number of ketones is 2. The third-order valence-electron chi connectivity index (χ3n) is 11.4. The molecule has 44 heavy (non-hydrogen) atoms. The molecule has 0 aromatic heterocycles. The predicted molar refractivity (Wildman–Crippen MR) is 162 cm³/mol. The van der Waals surface area contributed by atoms with E-state index in [0.717, 1.165) is 11.9 Å². The van der Waals surface area contributed by atoms with Crippen LogP contribution in [0, 0.1) is 11.8 Å². The zero-order valence-electron chi connectivity index (χ0n) is 27.4. The Morgan fingerprint density at radius 1 is 1.07 bits per heavy atom. The first-order valence-electron chi connectivity index (χ1n) is 15.4. The van der Waals surface area contributed by atoms with E-state index in [1.54, 1.807) is 13.0 Å². The fraction of sp³-hybridized carbons (Fsp3) is 0.629. The number of methoxy groups -OCH3 is 2. The van der Waals surface area contributed by atoms with Gasteiger partial charge in [-0.3, -0.25) is 14.4 Å². The van der Waals surface area contributed by atoms with Crippen LogP contribution in [0.25, 0.3) is 0 Å². The average Bonchev–Trinajstić information content (AvgIpc) is 3.28. The molecular formula is C35H44O9. The second-order valence-electron chi connectivity index (χ2n) is 14.6. The van der Waals surface area contributed by atoms with E-state index in [0.29, 0.717) is 28.9 Å². The van der Waals surface area contributed by atoms with Crippen molar-refractivity contribution in [1.82, 2.24) is 0 Å². The Hall–Kier alpha value is -3.01. The van der Waals surface area contributed by atoms with E-state index >= 15 is 4.79 Å². The summed E-state index contributed by atoms with van der Waals surface area (Å²) in [5.41, 5.74) is -3.43. The molecule has 3 aliphatic carbocycles. The third kappa shape index (κ3) is 3.44. The fourth-order valence-electron chi connectivity index (χ4n) is 8.92. The van der Waals surface area contributed by atoms with Crippen molar-refractivity contribution < 1.29 is 43.2 Å². The molecule has 4 bridgehead atoms. The second kappa shape index (κ2) is 9.50. The summed E-state index contributed by atoms with van der Waals surface area (Å²) >= 11 is 0. The Bertz CT molecular complexity index is 1550. The number of ether oxygens (including phenoxy) is 5. The number of allylic oxidation sites excluding steroid dienone is 3.